The number of fused-ring (bicyclic) bond motifs is 1. The molecular weight excluding hydrogens is 366 g/mol. The van der Waals surface area contributed by atoms with Crippen LogP contribution < -0.4 is 9.80 Å². The SMILES string of the molecule is C[C@H]1c2ccsc2CC[NH+]1CC(=O)N1CCN(c2ccccc2Cl)CC1. The maximum absolute atomic E-state index is 12.8. The lowest BCUT2D eigenvalue weighted by molar-refractivity contribution is -0.924. The van der Waals surface area contributed by atoms with Crippen LogP contribution in [-0.2, 0) is 11.2 Å². The van der Waals surface area contributed by atoms with Gasteiger partial charge in [-0.1, -0.05) is 23.7 Å². The molecule has 1 aromatic heterocycles. The first-order valence-electron chi connectivity index (χ1n) is 9.31. The van der Waals surface area contributed by atoms with Crippen molar-refractivity contribution in [2.75, 3.05) is 44.2 Å². The Bertz CT molecular complexity index is 785. The van der Waals surface area contributed by atoms with Crippen LogP contribution in [0, 0.1) is 0 Å². The summed E-state index contributed by atoms with van der Waals surface area (Å²) in [7, 11) is 0. The number of nitrogens with one attached hydrogen (secondary N) is 1. The molecule has 2 aliphatic heterocycles. The number of benzene rings is 1. The van der Waals surface area contributed by atoms with Crippen LogP contribution in [0.5, 0.6) is 0 Å². The molecule has 3 heterocycles. The van der Waals surface area contributed by atoms with Crippen molar-refractivity contribution in [3.05, 3.63) is 51.2 Å². The Hall–Kier alpha value is -1.56. The summed E-state index contributed by atoms with van der Waals surface area (Å²) in [5.41, 5.74) is 2.51. The van der Waals surface area contributed by atoms with Crippen LogP contribution in [0.2, 0.25) is 5.02 Å². The standard InChI is InChI=1S/C20H24ClN3OS/c1-15-16-7-13-26-19(16)6-8-24(15)14-20(25)23-11-9-22(10-12-23)18-5-3-2-4-17(18)21/h2-5,7,13,15H,6,8-12,14H2,1H3/p+1/t15-/m0/s1. The van der Waals surface area contributed by atoms with Crippen molar-refractivity contribution in [3.63, 3.8) is 0 Å². The minimum absolute atomic E-state index is 0.282. The molecule has 138 valence electrons. The van der Waals surface area contributed by atoms with E-state index in [1.165, 1.54) is 15.3 Å². The molecule has 0 spiro atoms. The average Bonchev–Trinajstić information content (AvgIpc) is 3.14. The van der Waals surface area contributed by atoms with Gasteiger partial charge in [-0.15, -0.1) is 11.3 Å². The minimum Gasteiger partial charge on any atom is -0.367 e. The molecule has 1 amide bonds. The Morgan fingerprint density at radius 2 is 2.00 bits per heavy atom. The molecule has 1 saturated heterocycles. The number of hydrogen-bond acceptors (Lipinski definition) is 3. The van der Waals surface area contributed by atoms with Gasteiger partial charge in [-0.2, -0.15) is 0 Å². The molecule has 0 aliphatic carbocycles. The first-order valence-corrected chi connectivity index (χ1v) is 10.6. The van der Waals surface area contributed by atoms with Crippen LogP contribution in [0.1, 0.15) is 23.4 Å². The van der Waals surface area contributed by atoms with Crippen molar-refractivity contribution in [3.8, 4) is 0 Å². The van der Waals surface area contributed by atoms with E-state index in [4.69, 9.17) is 11.6 Å². The van der Waals surface area contributed by atoms with E-state index >= 15 is 0 Å². The van der Waals surface area contributed by atoms with Gasteiger partial charge < -0.3 is 14.7 Å². The molecule has 2 aliphatic rings. The van der Waals surface area contributed by atoms with Crippen LogP contribution in [0.15, 0.2) is 35.7 Å². The predicted octanol–water partition coefficient (Wildman–Crippen LogP) is 2.25. The highest BCUT2D eigenvalue weighted by Gasteiger charge is 2.32. The van der Waals surface area contributed by atoms with Crippen molar-refractivity contribution in [2.24, 2.45) is 0 Å². The Morgan fingerprint density at radius 1 is 1.23 bits per heavy atom. The normalized spacial score (nSPS) is 23.0. The first-order chi connectivity index (χ1) is 12.6. The third-order valence-corrected chi connectivity index (χ3v) is 7.05. The van der Waals surface area contributed by atoms with Gasteiger partial charge in [-0.25, -0.2) is 0 Å². The number of halogens is 1. The number of nitrogens with zero attached hydrogens (tertiary/aromatic N) is 2. The molecular formula is C20H25ClN3OS+. The van der Waals surface area contributed by atoms with Gasteiger partial charge >= 0.3 is 0 Å². The molecule has 4 nitrogen and oxygen atoms in total. The lowest BCUT2D eigenvalue weighted by atomic mass is 10.0. The number of quaternary nitrogens is 1. The fourth-order valence-corrected chi connectivity index (χ4v) is 5.34. The number of para-hydroxylation sites is 1. The summed E-state index contributed by atoms with van der Waals surface area (Å²) in [4.78, 5) is 20.0. The summed E-state index contributed by atoms with van der Waals surface area (Å²) in [5, 5.41) is 2.96. The van der Waals surface area contributed by atoms with Crippen molar-refractivity contribution < 1.29 is 9.69 Å². The first kappa shape index (κ1) is 17.8. The summed E-state index contributed by atoms with van der Waals surface area (Å²) in [6.07, 6.45) is 1.10. The zero-order chi connectivity index (χ0) is 18.1. The number of carbonyl (C=O) groups excluding carboxylic acids is 1. The number of carbonyl (C=O) groups is 1. The summed E-state index contributed by atoms with van der Waals surface area (Å²) in [5.74, 6) is 0.282. The van der Waals surface area contributed by atoms with E-state index in [9.17, 15) is 4.79 Å². The maximum Gasteiger partial charge on any atom is 0.277 e. The number of rotatable bonds is 3. The van der Waals surface area contributed by atoms with Crippen LogP contribution in [0.4, 0.5) is 5.69 Å². The molecule has 2 aromatic rings. The van der Waals surface area contributed by atoms with Crippen LogP contribution in [0.3, 0.4) is 0 Å². The molecule has 1 aromatic carbocycles. The Kier molecular flexibility index (Phi) is 5.20. The van der Waals surface area contributed by atoms with Gasteiger partial charge in [-0.3, -0.25) is 4.79 Å². The molecule has 2 atom stereocenters. The molecule has 1 N–H and O–H groups in total. The average molecular weight is 391 g/mol. The van der Waals surface area contributed by atoms with Gasteiger partial charge in [0.2, 0.25) is 0 Å². The third kappa shape index (κ3) is 3.48. The third-order valence-electron chi connectivity index (χ3n) is 5.74. The highest BCUT2D eigenvalue weighted by atomic mass is 35.5. The van der Waals surface area contributed by atoms with Gasteiger partial charge in [0.25, 0.3) is 5.91 Å². The predicted molar refractivity (Wildman–Crippen MR) is 107 cm³/mol. The van der Waals surface area contributed by atoms with Gasteiger partial charge in [0.05, 0.1) is 17.3 Å². The number of piperazine rings is 1. The molecule has 0 radical (unpaired) electrons. The summed E-state index contributed by atoms with van der Waals surface area (Å²) in [6.45, 7) is 7.14. The number of thiophene rings is 1. The van der Waals surface area contributed by atoms with Crippen molar-refractivity contribution in [2.45, 2.75) is 19.4 Å². The summed E-state index contributed by atoms with van der Waals surface area (Å²) in [6, 6.07) is 10.6. The Balaban J connectivity index is 1.34. The van der Waals surface area contributed by atoms with Crippen molar-refractivity contribution in [1.82, 2.24) is 4.90 Å². The topological polar surface area (TPSA) is 28.0 Å². The Labute approximate surface area is 164 Å². The fraction of sp³-hybridized carbons (Fsp3) is 0.450. The van der Waals surface area contributed by atoms with Crippen LogP contribution in [0.25, 0.3) is 0 Å². The molecule has 26 heavy (non-hydrogen) atoms. The zero-order valence-electron chi connectivity index (χ0n) is 15.1. The lowest BCUT2D eigenvalue weighted by Crippen LogP contribution is -3.14. The molecule has 1 unspecified atom stereocenters. The minimum atomic E-state index is 0.282. The highest BCUT2D eigenvalue weighted by molar-refractivity contribution is 7.10. The van der Waals surface area contributed by atoms with Gasteiger partial charge in [0, 0.05) is 43.0 Å². The number of anilines is 1. The van der Waals surface area contributed by atoms with E-state index in [-0.39, 0.29) is 5.91 Å². The summed E-state index contributed by atoms with van der Waals surface area (Å²) < 4.78 is 0. The van der Waals surface area contributed by atoms with E-state index in [1.54, 1.807) is 0 Å². The largest absolute Gasteiger partial charge is 0.367 e. The second kappa shape index (κ2) is 7.59. The molecule has 6 heteroatoms. The van der Waals surface area contributed by atoms with Crippen molar-refractivity contribution in [1.29, 1.82) is 0 Å². The van der Waals surface area contributed by atoms with Gasteiger partial charge in [-0.05, 0) is 30.5 Å². The summed E-state index contributed by atoms with van der Waals surface area (Å²) >= 11 is 8.16. The van der Waals surface area contributed by atoms with Crippen LogP contribution in [-0.4, -0.2) is 50.1 Å². The highest BCUT2D eigenvalue weighted by Crippen LogP contribution is 2.26. The smallest absolute Gasteiger partial charge is 0.277 e. The second-order valence-corrected chi connectivity index (χ2v) is 8.58. The zero-order valence-corrected chi connectivity index (χ0v) is 16.7. The van der Waals surface area contributed by atoms with Gasteiger partial charge in [0.15, 0.2) is 6.54 Å². The molecule has 4 rings (SSSR count). The maximum atomic E-state index is 12.8. The molecule has 0 bridgehead atoms. The fourth-order valence-electron chi connectivity index (χ4n) is 4.10. The van der Waals surface area contributed by atoms with E-state index in [1.807, 2.05) is 34.4 Å². The van der Waals surface area contributed by atoms with Crippen molar-refractivity contribution >= 4 is 34.5 Å². The monoisotopic (exact) mass is 390 g/mol. The molecule has 0 saturated carbocycles. The number of amides is 1. The number of hydrogen-bond donors (Lipinski definition) is 1. The van der Waals surface area contributed by atoms with E-state index < -0.39 is 0 Å². The van der Waals surface area contributed by atoms with E-state index in [0.29, 0.717) is 12.6 Å². The van der Waals surface area contributed by atoms with Crippen LogP contribution >= 0.6 is 22.9 Å². The second-order valence-electron chi connectivity index (χ2n) is 7.18. The lowest BCUT2D eigenvalue weighted by Gasteiger charge is -2.37. The molecule has 1 fully saturated rings. The van der Waals surface area contributed by atoms with E-state index in [0.717, 1.165) is 49.9 Å². The Morgan fingerprint density at radius 3 is 2.77 bits per heavy atom. The van der Waals surface area contributed by atoms with E-state index in [2.05, 4.69) is 29.3 Å². The quantitative estimate of drug-likeness (QED) is 0.870. The van der Waals surface area contributed by atoms with Gasteiger partial charge in [0.1, 0.15) is 6.04 Å².